The van der Waals surface area contributed by atoms with Gasteiger partial charge in [-0.25, -0.2) is 14.4 Å². The van der Waals surface area contributed by atoms with Crippen molar-refractivity contribution in [2.24, 2.45) is 0 Å². The number of rotatable bonds is 15. The monoisotopic (exact) mass is 420 g/mol. The molecule has 0 heterocycles. The maximum absolute atomic E-state index is 12.3. The molecule has 0 unspecified atom stereocenters. The fourth-order valence-electron chi connectivity index (χ4n) is 4.10. The molecule has 6 heteroatoms. The predicted molar refractivity (Wildman–Crippen MR) is 117 cm³/mol. The first kappa shape index (κ1) is 25.7. The van der Waals surface area contributed by atoms with Crippen LogP contribution in [0.5, 0.6) is 0 Å². The van der Waals surface area contributed by atoms with Crippen molar-refractivity contribution in [3.63, 3.8) is 0 Å². The highest BCUT2D eigenvalue weighted by Gasteiger charge is 2.32. The van der Waals surface area contributed by atoms with Crippen molar-refractivity contribution in [3.05, 3.63) is 33.4 Å². The van der Waals surface area contributed by atoms with Crippen LogP contribution in [0.2, 0.25) is 0 Å². The smallest absolute Gasteiger partial charge is 0.336 e. The Morgan fingerprint density at radius 1 is 0.500 bits per heavy atom. The van der Waals surface area contributed by atoms with E-state index < -0.39 is 17.9 Å². The first-order chi connectivity index (χ1) is 14.3. The van der Waals surface area contributed by atoms with Crippen molar-refractivity contribution < 1.29 is 29.7 Å². The molecule has 6 nitrogen and oxygen atoms in total. The summed E-state index contributed by atoms with van der Waals surface area (Å²) in [5, 5.41) is 29.9. The van der Waals surface area contributed by atoms with Crippen LogP contribution in [0.25, 0.3) is 0 Å². The minimum atomic E-state index is -1.36. The van der Waals surface area contributed by atoms with E-state index in [9.17, 15) is 29.7 Å². The van der Waals surface area contributed by atoms with Gasteiger partial charge in [0.1, 0.15) is 0 Å². The molecule has 0 saturated heterocycles. The van der Waals surface area contributed by atoms with Crippen LogP contribution in [0.3, 0.4) is 0 Å². The van der Waals surface area contributed by atoms with Gasteiger partial charge in [0.15, 0.2) is 0 Å². The first-order valence-corrected chi connectivity index (χ1v) is 11.2. The van der Waals surface area contributed by atoms with Crippen molar-refractivity contribution >= 4 is 17.9 Å². The number of benzene rings is 1. The van der Waals surface area contributed by atoms with E-state index >= 15 is 0 Å². The van der Waals surface area contributed by atoms with Crippen molar-refractivity contribution in [1.29, 1.82) is 0 Å². The van der Waals surface area contributed by atoms with Crippen molar-refractivity contribution in [1.82, 2.24) is 0 Å². The molecule has 0 aliphatic carbocycles. The Morgan fingerprint density at radius 3 is 1.13 bits per heavy atom. The van der Waals surface area contributed by atoms with Crippen LogP contribution in [0.4, 0.5) is 0 Å². The Labute approximate surface area is 179 Å². The van der Waals surface area contributed by atoms with Gasteiger partial charge in [-0.3, -0.25) is 0 Å². The second-order valence-electron chi connectivity index (χ2n) is 7.85. The molecule has 0 spiro atoms. The highest BCUT2D eigenvalue weighted by Crippen LogP contribution is 2.33. The van der Waals surface area contributed by atoms with Gasteiger partial charge in [-0.1, -0.05) is 59.3 Å². The quantitative estimate of drug-likeness (QED) is 0.301. The number of carbonyl (C=O) groups is 3. The number of carboxylic acids is 3. The summed E-state index contributed by atoms with van der Waals surface area (Å²) in [6, 6.07) is 0. The van der Waals surface area contributed by atoms with Gasteiger partial charge < -0.3 is 15.3 Å². The lowest BCUT2D eigenvalue weighted by Crippen LogP contribution is -2.22. The van der Waals surface area contributed by atoms with E-state index in [1.165, 1.54) is 0 Å². The molecule has 0 fully saturated rings. The van der Waals surface area contributed by atoms with Crippen LogP contribution in [0.15, 0.2) is 0 Å². The van der Waals surface area contributed by atoms with Crippen LogP contribution in [-0.2, 0) is 19.3 Å². The van der Waals surface area contributed by atoms with Crippen molar-refractivity contribution in [3.8, 4) is 0 Å². The summed E-state index contributed by atoms with van der Waals surface area (Å²) in [7, 11) is 0. The summed E-state index contributed by atoms with van der Waals surface area (Å²) in [6.07, 6.45) is 8.55. The molecule has 1 rings (SSSR count). The van der Waals surface area contributed by atoms with Gasteiger partial charge in [0.2, 0.25) is 0 Å². The van der Waals surface area contributed by atoms with E-state index in [1.807, 2.05) is 20.8 Å². The van der Waals surface area contributed by atoms with Gasteiger partial charge >= 0.3 is 17.9 Å². The number of carboxylic acid groups (broad SMARTS) is 3. The zero-order valence-corrected chi connectivity index (χ0v) is 18.6. The zero-order chi connectivity index (χ0) is 22.7. The van der Waals surface area contributed by atoms with Crippen LogP contribution < -0.4 is 0 Å². The number of unbranched alkanes of at least 4 members (excludes halogenated alkanes) is 6. The summed E-state index contributed by atoms with van der Waals surface area (Å²) in [5.74, 6) is -3.81. The third-order valence-electron chi connectivity index (χ3n) is 5.55. The summed E-state index contributed by atoms with van der Waals surface area (Å²) in [5.41, 5.74) is 0.591. The van der Waals surface area contributed by atoms with E-state index in [-0.39, 0.29) is 28.7 Å². The topological polar surface area (TPSA) is 112 Å². The van der Waals surface area contributed by atoms with Gasteiger partial charge in [0.05, 0.1) is 16.7 Å². The number of aromatic carboxylic acids is 3. The fraction of sp³-hybridized carbons (Fsp3) is 0.625. The molecule has 168 valence electrons. The maximum atomic E-state index is 12.3. The van der Waals surface area contributed by atoms with E-state index in [4.69, 9.17) is 0 Å². The molecule has 0 bridgehead atoms. The molecule has 1 aromatic carbocycles. The highest BCUT2D eigenvalue weighted by atomic mass is 16.4. The third-order valence-corrected chi connectivity index (χ3v) is 5.55. The standard InChI is InChI=1S/C24H36O6/c1-4-7-10-13-16-17(14-11-8-5-2)20(23(27)28)21(24(29)30)18(15-12-9-6-3)19(16)22(25)26/h4-15H2,1-3H3,(H,25,26)(H,27,28)(H,29,30). The molecule has 0 saturated carbocycles. The minimum Gasteiger partial charge on any atom is -0.478 e. The summed E-state index contributed by atoms with van der Waals surface area (Å²) < 4.78 is 0. The lowest BCUT2D eigenvalue weighted by atomic mass is 9.81. The van der Waals surface area contributed by atoms with E-state index in [2.05, 4.69) is 0 Å². The average molecular weight is 421 g/mol. The molecule has 0 amide bonds. The molecular formula is C24H36O6. The Balaban J connectivity index is 3.86. The van der Waals surface area contributed by atoms with E-state index in [1.54, 1.807) is 0 Å². The Bertz CT molecular complexity index is 751. The normalized spacial score (nSPS) is 10.9. The maximum Gasteiger partial charge on any atom is 0.336 e. The molecule has 0 aromatic heterocycles. The van der Waals surface area contributed by atoms with E-state index in [0.29, 0.717) is 36.8 Å². The van der Waals surface area contributed by atoms with Crippen LogP contribution in [-0.4, -0.2) is 33.2 Å². The SMILES string of the molecule is CCCCCc1c(CCCCC)c(C(=O)O)c(C(=O)O)c(CCCCC)c1C(=O)O. The molecule has 1 aromatic rings. The van der Waals surface area contributed by atoms with Gasteiger partial charge in [0, 0.05) is 0 Å². The number of hydrogen-bond donors (Lipinski definition) is 3. The average Bonchev–Trinajstić information content (AvgIpc) is 2.68. The molecule has 30 heavy (non-hydrogen) atoms. The Morgan fingerprint density at radius 2 is 0.800 bits per heavy atom. The summed E-state index contributed by atoms with van der Waals surface area (Å²) in [6.45, 7) is 6.08. The van der Waals surface area contributed by atoms with Crippen molar-refractivity contribution in [2.75, 3.05) is 0 Å². The summed E-state index contributed by atoms with van der Waals surface area (Å²) >= 11 is 0. The lowest BCUT2D eigenvalue weighted by Gasteiger charge is -2.22. The van der Waals surface area contributed by atoms with Gasteiger partial charge in [-0.15, -0.1) is 0 Å². The first-order valence-electron chi connectivity index (χ1n) is 11.2. The predicted octanol–water partition coefficient (Wildman–Crippen LogP) is 5.98. The third kappa shape index (κ3) is 6.57. The second-order valence-corrected chi connectivity index (χ2v) is 7.85. The van der Waals surface area contributed by atoms with Crippen LogP contribution in [0, 0.1) is 0 Å². The molecule has 0 aliphatic heterocycles. The van der Waals surface area contributed by atoms with E-state index in [0.717, 1.165) is 44.9 Å². The zero-order valence-electron chi connectivity index (χ0n) is 18.6. The van der Waals surface area contributed by atoms with Gasteiger partial charge in [-0.2, -0.15) is 0 Å². The molecule has 0 atom stereocenters. The second kappa shape index (κ2) is 13.0. The lowest BCUT2D eigenvalue weighted by molar-refractivity contribution is 0.0646. The van der Waals surface area contributed by atoms with Gasteiger partial charge in [-0.05, 0) is 55.2 Å². The molecule has 3 N–H and O–H groups in total. The largest absolute Gasteiger partial charge is 0.478 e. The van der Waals surface area contributed by atoms with Gasteiger partial charge in [0.25, 0.3) is 0 Å². The van der Waals surface area contributed by atoms with Crippen LogP contribution >= 0.6 is 0 Å². The minimum absolute atomic E-state index is 0.0242. The Kier molecular flexibility index (Phi) is 11.2. The molecule has 0 aliphatic rings. The van der Waals surface area contributed by atoms with Crippen molar-refractivity contribution in [2.45, 2.75) is 97.8 Å². The molecular weight excluding hydrogens is 384 g/mol. The fourth-order valence-corrected chi connectivity index (χ4v) is 4.10. The van der Waals surface area contributed by atoms with Crippen LogP contribution in [0.1, 0.15) is 126 Å². The summed E-state index contributed by atoms with van der Waals surface area (Å²) in [4.78, 5) is 36.7. The Hall–Kier alpha value is -2.37. The highest BCUT2D eigenvalue weighted by molar-refractivity contribution is 6.07. The number of hydrogen-bond acceptors (Lipinski definition) is 3. The molecule has 0 radical (unpaired) electrons.